The molecule has 11 nitrogen and oxygen atoms in total. The van der Waals surface area contributed by atoms with Crippen molar-refractivity contribution < 1.29 is 41.1 Å². The van der Waals surface area contributed by atoms with Crippen LogP contribution in [0.15, 0.2) is 71.8 Å². The first-order chi connectivity index (χ1) is 22.6. The first kappa shape index (κ1) is 35.7. The Morgan fingerprint density at radius 3 is 2.44 bits per heavy atom. The van der Waals surface area contributed by atoms with Crippen molar-refractivity contribution in [2.24, 2.45) is 0 Å². The van der Waals surface area contributed by atoms with Gasteiger partial charge in [0.1, 0.15) is 11.9 Å². The molecule has 4 aromatic rings. The Hall–Kier alpha value is -5.18. The van der Waals surface area contributed by atoms with Gasteiger partial charge in [0.25, 0.3) is 0 Å². The second-order valence-electron chi connectivity index (χ2n) is 11.0. The normalized spacial score (nSPS) is 15.6. The third-order valence-electron chi connectivity index (χ3n) is 7.67. The maximum atomic E-state index is 13.8. The summed E-state index contributed by atoms with van der Waals surface area (Å²) in [6.45, 7) is 3.53. The van der Waals surface area contributed by atoms with Crippen LogP contribution in [-0.4, -0.2) is 48.2 Å². The molecule has 0 spiro atoms. The Balaban J connectivity index is 0.000000671. The number of halogens is 3. The van der Waals surface area contributed by atoms with Crippen molar-refractivity contribution >= 4 is 55.6 Å². The molecule has 48 heavy (non-hydrogen) atoms. The van der Waals surface area contributed by atoms with E-state index in [0.717, 1.165) is 33.2 Å². The van der Waals surface area contributed by atoms with Gasteiger partial charge in [-0.05, 0) is 89.9 Å². The number of amides is 2. The monoisotopic (exact) mass is 685 g/mol. The lowest BCUT2D eigenvalue weighted by Gasteiger charge is -2.22. The number of nitrogens with one attached hydrogen (secondary N) is 3. The molecule has 3 heterocycles. The van der Waals surface area contributed by atoms with E-state index in [4.69, 9.17) is 15.6 Å². The molecule has 6 N–H and O–H groups in total. The Morgan fingerprint density at radius 2 is 1.77 bits per heavy atom. The molecular formula is C33H34F3N5O6S. The van der Waals surface area contributed by atoms with Crippen molar-refractivity contribution in [2.45, 2.75) is 56.8 Å². The summed E-state index contributed by atoms with van der Waals surface area (Å²) in [6.07, 6.45) is -1.75. The Labute approximate surface area is 274 Å². The van der Waals surface area contributed by atoms with Gasteiger partial charge in [-0.25, -0.2) is 18.2 Å². The highest BCUT2D eigenvalue weighted by Crippen LogP contribution is 2.28. The van der Waals surface area contributed by atoms with Crippen LogP contribution in [0.25, 0.3) is 10.8 Å². The number of nitrogen functional groups attached to an aromatic ring is 1. The van der Waals surface area contributed by atoms with E-state index in [2.05, 4.69) is 20.9 Å². The van der Waals surface area contributed by atoms with Crippen LogP contribution < -0.4 is 21.7 Å². The number of aliphatic carboxylic acids is 1. The van der Waals surface area contributed by atoms with Gasteiger partial charge < -0.3 is 26.8 Å². The van der Waals surface area contributed by atoms with Crippen molar-refractivity contribution in [2.75, 3.05) is 22.1 Å². The molecule has 254 valence electrons. The van der Waals surface area contributed by atoms with Crippen molar-refractivity contribution in [3.8, 4) is 0 Å². The molecule has 1 unspecified atom stereocenters. The number of fused-ring (bicyclic) bond motifs is 10. The first-order valence-corrected chi connectivity index (χ1v) is 16.5. The van der Waals surface area contributed by atoms with Crippen LogP contribution in [0.5, 0.6) is 0 Å². The zero-order chi connectivity index (χ0) is 35.2. The Morgan fingerprint density at radius 1 is 1.04 bits per heavy atom. The highest BCUT2D eigenvalue weighted by Gasteiger charge is 2.38. The summed E-state index contributed by atoms with van der Waals surface area (Å²) in [6, 6.07) is 17.3. The number of alkyl halides is 3. The number of aromatic nitrogens is 1. The van der Waals surface area contributed by atoms with Gasteiger partial charge in [-0.2, -0.15) is 13.2 Å². The topological polar surface area (TPSA) is 181 Å². The minimum Gasteiger partial charge on any atom is -0.475 e. The van der Waals surface area contributed by atoms with Crippen LogP contribution in [0.3, 0.4) is 0 Å². The van der Waals surface area contributed by atoms with Crippen LogP contribution in [0.4, 0.5) is 30.4 Å². The molecule has 1 atom stereocenters. The zero-order valence-electron chi connectivity index (χ0n) is 26.0. The van der Waals surface area contributed by atoms with Gasteiger partial charge in [-0.1, -0.05) is 25.1 Å². The van der Waals surface area contributed by atoms with E-state index in [1.165, 1.54) is 6.07 Å². The lowest BCUT2D eigenvalue weighted by molar-refractivity contribution is -0.192. The maximum absolute atomic E-state index is 13.8. The fourth-order valence-corrected chi connectivity index (χ4v) is 6.26. The van der Waals surface area contributed by atoms with Gasteiger partial charge in [0.15, 0.2) is 9.84 Å². The van der Waals surface area contributed by atoms with Crippen molar-refractivity contribution in [1.82, 2.24) is 10.3 Å². The second-order valence-corrected chi connectivity index (χ2v) is 13.3. The summed E-state index contributed by atoms with van der Waals surface area (Å²) in [7, 11) is -3.57. The molecule has 1 aromatic heterocycles. The number of rotatable bonds is 4. The summed E-state index contributed by atoms with van der Waals surface area (Å²) >= 11 is 0. The van der Waals surface area contributed by atoms with Crippen LogP contribution in [0.2, 0.25) is 0 Å². The number of sulfone groups is 1. The van der Waals surface area contributed by atoms with Crippen LogP contribution in [0, 0.1) is 6.92 Å². The van der Waals surface area contributed by atoms with E-state index in [0.29, 0.717) is 36.3 Å². The molecule has 0 aliphatic carbocycles. The number of carbonyl (C=O) groups is 3. The Kier molecular flexibility index (Phi) is 10.9. The van der Waals surface area contributed by atoms with Crippen LogP contribution in [-0.2, 0) is 37.2 Å². The predicted octanol–water partition coefficient (Wildman–Crippen LogP) is 5.30. The highest BCUT2D eigenvalue weighted by atomic mass is 32.2. The number of nitrogens with two attached hydrogens (primary N) is 1. The minimum absolute atomic E-state index is 0.0354. The Bertz CT molecular complexity index is 1970. The second kappa shape index (κ2) is 14.7. The predicted molar refractivity (Wildman–Crippen MR) is 175 cm³/mol. The molecule has 0 fully saturated rings. The quantitative estimate of drug-likeness (QED) is 0.191. The number of aryl methyl sites for hydroxylation is 2. The number of carboxylic acid groups (broad SMARTS) is 1. The summed E-state index contributed by atoms with van der Waals surface area (Å²) in [5.41, 5.74) is 10.5. The van der Waals surface area contributed by atoms with Crippen molar-refractivity contribution in [1.29, 1.82) is 0 Å². The minimum atomic E-state index is -5.08. The molecule has 2 amide bonds. The largest absolute Gasteiger partial charge is 0.490 e. The highest BCUT2D eigenvalue weighted by molar-refractivity contribution is 7.91. The fraction of sp³-hybridized carbons (Fsp3) is 0.273. The standard InChI is InChI=1S/C31H33N5O4S.C2HF3O2/c1-3-41(39,40)27-12-10-24-17-23(27)18-34-31(38)29(36-25-9-11-26-21(16-25)13-14-33-30(26)32)22-8-7-20(19(2)15-22)5-4-6-28(37)35-24;3-2(4,5)1(6)7/h7-17,29,36H,3-6,18H2,1-2H3,(H2,32,33)(H,34,38)(H,35,37);(H,6,7). The van der Waals surface area contributed by atoms with E-state index in [-0.39, 0.29) is 29.0 Å². The van der Waals surface area contributed by atoms with Gasteiger partial charge in [-0.15, -0.1) is 0 Å². The lowest BCUT2D eigenvalue weighted by atomic mass is 9.96. The van der Waals surface area contributed by atoms with Gasteiger partial charge in [0, 0.05) is 35.9 Å². The number of carboxylic acids is 1. The zero-order valence-corrected chi connectivity index (χ0v) is 26.8. The number of carbonyl (C=O) groups excluding carboxylic acids is 2. The molecule has 2 aliphatic rings. The van der Waals surface area contributed by atoms with Crippen molar-refractivity contribution in [3.05, 3.63) is 89.1 Å². The summed E-state index contributed by atoms with van der Waals surface area (Å²) in [4.78, 5) is 39.6. The van der Waals surface area contributed by atoms with E-state index in [1.54, 1.807) is 25.3 Å². The number of hydrogen-bond donors (Lipinski definition) is 5. The number of anilines is 3. The van der Waals surface area contributed by atoms with Gasteiger partial charge in [-0.3, -0.25) is 9.59 Å². The molecule has 15 heteroatoms. The molecule has 6 rings (SSSR count). The van der Waals surface area contributed by atoms with Crippen molar-refractivity contribution in [3.63, 3.8) is 0 Å². The van der Waals surface area contributed by atoms with E-state index >= 15 is 0 Å². The van der Waals surface area contributed by atoms with Gasteiger partial charge >= 0.3 is 12.1 Å². The third-order valence-corrected chi connectivity index (χ3v) is 9.50. The molecule has 3 aromatic carbocycles. The number of benzene rings is 3. The molecule has 0 saturated heterocycles. The molecular weight excluding hydrogens is 651 g/mol. The molecule has 4 bridgehead atoms. The van der Waals surface area contributed by atoms with Crippen LogP contribution >= 0.6 is 0 Å². The van der Waals surface area contributed by atoms with E-state index in [1.807, 2.05) is 49.4 Å². The summed E-state index contributed by atoms with van der Waals surface area (Å²) in [5, 5.41) is 18.0. The van der Waals surface area contributed by atoms with Gasteiger partial charge in [0.05, 0.1) is 10.6 Å². The maximum Gasteiger partial charge on any atom is 0.490 e. The van der Waals surface area contributed by atoms with Crippen LogP contribution in [0.1, 0.15) is 48.1 Å². The van der Waals surface area contributed by atoms with E-state index in [9.17, 15) is 31.2 Å². The molecule has 2 aliphatic heterocycles. The van der Waals surface area contributed by atoms with Gasteiger partial charge in [0.2, 0.25) is 11.8 Å². The number of pyridine rings is 1. The SMILES string of the molecule is CCS(=O)(=O)c1ccc2cc1CNC(=O)C(Nc1ccc3c(N)nccc3c1)c1ccc(c(C)c1)CCCC(=O)N2.O=C(O)C(F)(F)F. The average molecular weight is 686 g/mol. The smallest absolute Gasteiger partial charge is 0.475 e. The lowest BCUT2D eigenvalue weighted by Crippen LogP contribution is -2.33. The average Bonchev–Trinajstić information content (AvgIpc) is 3.02. The van der Waals surface area contributed by atoms with E-state index < -0.39 is 28.0 Å². The fourth-order valence-electron chi connectivity index (χ4n) is 5.14. The number of hydrogen-bond acceptors (Lipinski definition) is 8. The first-order valence-electron chi connectivity index (χ1n) is 14.8. The summed E-state index contributed by atoms with van der Waals surface area (Å²) < 4.78 is 57.4. The molecule has 0 radical (unpaired) electrons. The number of nitrogens with zero attached hydrogens (tertiary/aromatic N) is 1. The molecule has 0 saturated carbocycles. The third kappa shape index (κ3) is 8.79. The summed E-state index contributed by atoms with van der Waals surface area (Å²) in [5.74, 6) is -2.89.